The second kappa shape index (κ2) is 4.37. The Morgan fingerprint density at radius 2 is 2.27 bits per heavy atom. The SMILES string of the molecule is NCCCc1c(F)cc2c(c1Br)OCO2. The summed E-state index contributed by atoms with van der Waals surface area (Å²) < 4.78 is 24.6. The molecule has 82 valence electrons. The first-order valence-electron chi connectivity index (χ1n) is 4.70. The van der Waals surface area contributed by atoms with Crippen LogP contribution in [0.2, 0.25) is 0 Å². The summed E-state index contributed by atoms with van der Waals surface area (Å²) in [6.07, 6.45) is 1.34. The van der Waals surface area contributed by atoms with Crippen LogP contribution in [-0.4, -0.2) is 13.3 Å². The maximum absolute atomic E-state index is 13.6. The number of benzene rings is 1. The van der Waals surface area contributed by atoms with Crippen molar-refractivity contribution in [3.8, 4) is 11.5 Å². The summed E-state index contributed by atoms with van der Waals surface area (Å²) in [6, 6.07) is 1.36. The van der Waals surface area contributed by atoms with E-state index in [0.29, 0.717) is 34.5 Å². The lowest BCUT2D eigenvalue weighted by Gasteiger charge is -2.08. The molecule has 0 aliphatic carbocycles. The first-order valence-corrected chi connectivity index (χ1v) is 5.50. The Hall–Kier alpha value is -0.810. The number of ether oxygens (including phenoxy) is 2. The van der Waals surface area contributed by atoms with Gasteiger partial charge in [0.1, 0.15) is 5.82 Å². The van der Waals surface area contributed by atoms with E-state index in [9.17, 15) is 4.39 Å². The molecule has 0 radical (unpaired) electrons. The molecule has 0 bridgehead atoms. The van der Waals surface area contributed by atoms with Crippen LogP contribution in [0.25, 0.3) is 0 Å². The number of fused-ring (bicyclic) bond motifs is 1. The zero-order valence-electron chi connectivity index (χ0n) is 8.06. The average Bonchev–Trinajstić information content (AvgIpc) is 2.65. The molecule has 0 saturated heterocycles. The van der Waals surface area contributed by atoms with Crippen LogP contribution < -0.4 is 15.2 Å². The summed E-state index contributed by atoms with van der Waals surface area (Å²) in [5.74, 6) is 0.763. The van der Waals surface area contributed by atoms with Gasteiger partial charge in [0.25, 0.3) is 0 Å². The molecule has 0 fully saturated rings. The van der Waals surface area contributed by atoms with E-state index in [1.807, 2.05) is 0 Å². The fraction of sp³-hybridized carbons (Fsp3) is 0.400. The summed E-state index contributed by atoms with van der Waals surface area (Å²) in [5, 5.41) is 0. The molecule has 0 atom stereocenters. The van der Waals surface area contributed by atoms with Crippen LogP contribution >= 0.6 is 15.9 Å². The summed E-state index contributed by atoms with van der Waals surface area (Å²) in [5.41, 5.74) is 6.00. The Labute approximate surface area is 95.5 Å². The Bertz CT molecular complexity index is 384. The topological polar surface area (TPSA) is 44.5 Å². The molecule has 5 heteroatoms. The van der Waals surface area contributed by atoms with Crippen molar-refractivity contribution in [1.82, 2.24) is 0 Å². The van der Waals surface area contributed by atoms with Crippen molar-refractivity contribution >= 4 is 15.9 Å². The molecule has 3 nitrogen and oxygen atoms in total. The molecule has 0 spiro atoms. The van der Waals surface area contributed by atoms with Crippen molar-refractivity contribution in [1.29, 1.82) is 0 Å². The lowest BCUT2D eigenvalue weighted by atomic mass is 10.1. The summed E-state index contributed by atoms with van der Waals surface area (Å²) in [6.45, 7) is 0.689. The summed E-state index contributed by atoms with van der Waals surface area (Å²) >= 11 is 3.33. The summed E-state index contributed by atoms with van der Waals surface area (Å²) in [7, 11) is 0. The van der Waals surface area contributed by atoms with E-state index < -0.39 is 0 Å². The van der Waals surface area contributed by atoms with Crippen molar-refractivity contribution in [3.05, 3.63) is 21.9 Å². The first kappa shape index (κ1) is 10.7. The molecule has 0 amide bonds. The van der Waals surface area contributed by atoms with Crippen LogP contribution in [0.3, 0.4) is 0 Å². The van der Waals surface area contributed by atoms with Crippen molar-refractivity contribution < 1.29 is 13.9 Å². The van der Waals surface area contributed by atoms with E-state index in [2.05, 4.69) is 15.9 Å². The van der Waals surface area contributed by atoms with Gasteiger partial charge in [-0.15, -0.1) is 0 Å². The Balaban J connectivity index is 2.37. The van der Waals surface area contributed by atoms with Gasteiger partial charge < -0.3 is 15.2 Å². The van der Waals surface area contributed by atoms with Gasteiger partial charge in [-0.1, -0.05) is 0 Å². The van der Waals surface area contributed by atoms with E-state index in [1.165, 1.54) is 6.07 Å². The molecule has 15 heavy (non-hydrogen) atoms. The predicted molar refractivity (Wildman–Crippen MR) is 57.6 cm³/mol. The number of hydrogen-bond donors (Lipinski definition) is 1. The smallest absolute Gasteiger partial charge is 0.231 e. The van der Waals surface area contributed by atoms with Crippen molar-refractivity contribution in [2.45, 2.75) is 12.8 Å². The molecule has 2 N–H and O–H groups in total. The van der Waals surface area contributed by atoms with Gasteiger partial charge in [0, 0.05) is 11.6 Å². The quantitative estimate of drug-likeness (QED) is 0.920. The third kappa shape index (κ3) is 1.94. The van der Waals surface area contributed by atoms with Crippen LogP contribution in [0.4, 0.5) is 4.39 Å². The molecular formula is C10H11BrFNO2. The number of rotatable bonds is 3. The van der Waals surface area contributed by atoms with Gasteiger partial charge in [-0.25, -0.2) is 4.39 Å². The van der Waals surface area contributed by atoms with Crippen LogP contribution in [0.1, 0.15) is 12.0 Å². The van der Waals surface area contributed by atoms with Crippen molar-refractivity contribution in [2.24, 2.45) is 5.73 Å². The molecule has 1 aromatic rings. The van der Waals surface area contributed by atoms with E-state index in [-0.39, 0.29) is 12.6 Å². The molecule has 0 aromatic heterocycles. The third-order valence-corrected chi connectivity index (χ3v) is 3.12. The molecule has 2 rings (SSSR count). The highest BCUT2D eigenvalue weighted by Gasteiger charge is 2.22. The highest BCUT2D eigenvalue weighted by atomic mass is 79.9. The van der Waals surface area contributed by atoms with E-state index in [4.69, 9.17) is 15.2 Å². The van der Waals surface area contributed by atoms with Crippen molar-refractivity contribution in [3.63, 3.8) is 0 Å². The Morgan fingerprint density at radius 3 is 3.00 bits per heavy atom. The normalized spacial score (nSPS) is 13.3. The van der Waals surface area contributed by atoms with Gasteiger partial charge in [0.15, 0.2) is 11.5 Å². The zero-order chi connectivity index (χ0) is 10.8. The lowest BCUT2D eigenvalue weighted by molar-refractivity contribution is 0.173. The molecule has 0 unspecified atom stereocenters. The minimum atomic E-state index is -0.278. The molecule has 1 aliphatic heterocycles. The largest absolute Gasteiger partial charge is 0.453 e. The highest BCUT2D eigenvalue weighted by Crippen LogP contribution is 2.42. The second-order valence-corrected chi connectivity index (χ2v) is 4.07. The van der Waals surface area contributed by atoms with Crippen LogP contribution in [0.15, 0.2) is 10.5 Å². The van der Waals surface area contributed by atoms with E-state index >= 15 is 0 Å². The fourth-order valence-electron chi connectivity index (χ4n) is 1.52. The predicted octanol–water partition coefficient (Wildman–Crippen LogP) is 2.21. The van der Waals surface area contributed by atoms with Gasteiger partial charge in [0.2, 0.25) is 6.79 Å². The number of nitrogens with two attached hydrogens (primary N) is 1. The molecule has 1 heterocycles. The number of halogens is 2. The maximum atomic E-state index is 13.6. The van der Waals surface area contributed by atoms with Crippen LogP contribution in [-0.2, 0) is 6.42 Å². The van der Waals surface area contributed by atoms with Gasteiger partial charge in [-0.05, 0) is 35.3 Å². The third-order valence-electron chi connectivity index (χ3n) is 2.28. The van der Waals surface area contributed by atoms with Gasteiger partial charge in [-0.3, -0.25) is 0 Å². The second-order valence-electron chi connectivity index (χ2n) is 3.28. The minimum absolute atomic E-state index is 0.147. The van der Waals surface area contributed by atoms with Gasteiger partial charge in [0.05, 0.1) is 4.47 Å². The van der Waals surface area contributed by atoms with Gasteiger partial charge >= 0.3 is 0 Å². The Morgan fingerprint density at radius 1 is 1.47 bits per heavy atom. The Kier molecular flexibility index (Phi) is 3.11. The molecule has 1 aromatic carbocycles. The minimum Gasteiger partial charge on any atom is -0.453 e. The molecule has 0 saturated carbocycles. The standard InChI is InChI=1S/C10H11BrFNO2/c11-9-6(2-1-3-13)7(12)4-8-10(9)15-5-14-8/h4H,1-3,5,13H2. The maximum Gasteiger partial charge on any atom is 0.231 e. The molecule has 1 aliphatic rings. The lowest BCUT2D eigenvalue weighted by Crippen LogP contribution is -2.02. The fourth-order valence-corrected chi connectivity index (χ4v) is 2.22. The zero-order valence-corrected chi connectivity index (χ0v) is 9.64. The van der Waals surface area contributed by atoms with Crippen LogP contribution in [0, 0.1) is 5.82 Å². The average molecular weight is 276 g/mol. The highest BCUT2D eigenvalue weighted by molar-refractivity contribution is 9.10. The van der Waals surface area contributed by atoms with Crippen molar-refractivity contribution in [2.75, 3.05) is 13.3 Å². The first-order chi connectivity index (χ1) is 7.24. The van der Waals surface area contributed by atoms with E-state index in [1.54, 1.807) is 0 Å². The van der Waals surface area contributed by atoms with Crippen LogP contribution in [0.5, 0.6) is 11.5 Å². The monoisotopic (exact) mass is 275 g/mol. The van der Waals surface area contributed by atoms with E-state index in [0.717, 1.165) is 6.42 Å². The number of hydrogen-bond acceptors (Lipinski definition) is 3. The van der Waals surface area contributed by atoms with Gasteiger partial charge in [-0.2, -0.15) is 0 Å². The molecular weight excluding hydrogens is 265 g/mol. The summed E-state index contributed by atoms with van der Waals surface area (Å²) in [4.78, 5) is 0.